The van der Waals surface area contributed by atoms with E-state index in [-0.39, 0.29) is 21.7 Å². The zero-order valence-corrected chi connectivity index (χ0v) is 17.8. The Morgan fingerprint density at radius 2 is 1.78 bits per heavy atom. The molecular formula is C20H21BrN2O3S. The van der Waals surface area contributed by atoms with Crippen LogP contribution in [0.25, 0.3) is 11.5 Å². The van der Waals surface area contributed by atoms with Crippen LogP contribution in [0.2, 0.25) is 0 Å². The van der Waals surface area contributed by atoms with Gasteiger partial charge in [-0.05, 0) is 48.7 Å². The first kappa shape index (κ1) is 19.6. The molecule has 0 unspecified atom stereocenters. The zero-order valence-electron chi connectivity index (χ0n) is 15.4. The standard InChI is InChI=1S/C20H21BrN2O3S/c1-13(2)12-22-19-20(27(24,25)16-10-8-15(21)9-11-16)23-18(26-19)17-7-5-4-6-14(17)3/h4-11,13,22H,12H2,1-3H3. The van der Waals surface area contributed by atoms with Crippen molar-refractivity contribution in [2.45, 2.75) is 30.7 Å². The van der Waals surface area contributed by atoms with E-state index >= 15 is 0 Å². The van der Waals surface area contributed by atoms with E-state index in [1.165, 1.54) is 0 Å². The third kappa shape index (κ3) is 4.25. The lowest BCUT2D eigenvalue weighted by Gasteiger charge is -2.08. The highest BCUT2D eigenvalue weighted by atomic mass is 79.9. The fourth-order valence-corrected chi connectivity index (χ4v) is 4.09. The minimum absolute atomic E-state index is 0.0938. The molecule has 142 valence electrons. The van der Waals surface area contributed by atoms with Crippen molar-refractivity contribution in [2.75, 3.05) is 11.9 Å². The molecular weight excluding hydrogens is 428 g/mol. The molecule has 1 N–H and O–H groups in total. The second kappa shape index (κ2) is 7.86. The van der Waals surface area contributed by atoms with Crippen molar-refractivity contribution in [1.82, 2.24) is 4.98 Å². The fraction of sp³-hybridized carbons (Fsp3) is 0.250. The van der Waals surface area contributed by atoms with Gasteiger partial charge in [0.2, 0.25) is 26.6 Å². The molecule has 1 aromatic heterocycles. The highest BCUT2D eigenvalue weighted by molar-refractivity contribution is 9.10. The monoisotopic (exact) mass is 448 g/mol. The number of hydrogen-bond donors (Lipinski definition) is 1. The average Bonchev–Trinajstić information content (AvgIpc) is 3.05. The number of nitrogens with zero attached hydrogens (tertiary/aromatic N) is 1. The predicted molar refractivity (Wildman–Crippen MR) is 110 cm³/mol. The lowest BCUT2D eigenvalue weighted by atomic mass is 10.1. The van der Waals surface area contributed by atoms with E-state index in [0.717, 1.165) is 15.6 Å². The van der Waals surface area contributed by atoms with E-state index in [1.807, 2.05) is 45.0 Å². The van der Waals surface area contributed by atoms with Gasteiger partial charge in [-0.2, -0.15) is 4.98 Å². The molecule has 0 aliphatic heterocycles. The van der Waals surface area contributed by atoms with E-state index in [1.54, 1.807) is 24.3 Å². The quantitative estimate of drug-likeness (QED) is 0.552. The molecule has 0 aliphatic rings. The van der Waals surface area contributed by atoms with E-state index in [4.69, 9.17) is 4.42 Å². The summed E-state index contributed by atoms with van der Waals surface area (Å²) in [6.07, 6.45) is 0. The number of oxazole rings is 1. The van der Waals surface area contributed by atoms with Crippen molar-refractivity contribution in [1.29, 1.82) is 0 Å². The molecule has 3 aromatic rings. The van der Waals surface area contributed by atoms with Crippen LogP contribution in [0, 0.1) is 12.8 Å². The topological polar surface area (TPSA) is 72.2 Å². The number of nitrogens with one attached hydrogen (secondary N) is 1. The molecule has 1 heterocycles. The third-order valence-electron chi connectivity index (χ3n) is 4.02. The van der Waals surface area contributed by atoms with Crippen molar-refractivity contribution in [3.8, 4) is 11.5 Å². The summed E-state index contributed by atoms with van der Waals surface area (Å²) >= 11 is 3.33. The number of aryl methyl sites for hydroxylation is 1. The van der Waals surface area contributed by atoms with Crippen molar-refractivity contribution >= 4 is 31.7 Å². The second-order valence-corrected chi connectivity index (χ2v) is 9.48. The lowest BCUT2D eigenvalue weighted by molar-refractivity contribution is 0.567. The van der Waals surface area contributed by atoms with Crippen LogP contribution in [-0.2, 0) is 9.84 Å². The van der Waals surface area contributed by atoms with Gasteiger partial charge in [0.05, 0.1) is 4.90 Å². The molecule has 27 heavy (non-hydrogen) atoms. The number of halogens is 1. The molecule has 0 spiro atoms. The number of hydrogen-bond acceptors (Lipinski definition) is 5. The van der Waals surface area contributed by atoms with Gasteiger partial charge in [-0.3, -0.25) is 0 Å². The van der Waals surface area contributed by atoms with Gasteiger partial charge in [0, 0.05) is 16.6 Å². The summed E-state index contributed by atoms with van der Waals surface area (Å²) in [7, 11) is -3.82. The zero-order chi connectivity index (χ0) is 19.6. The largest absolute Gasteiger partial charge is 0.419 e. The van der Waals surface area contributed by atoms with Crippen LogP contribution in [0.4, 0.5) is 5.88 Å². The number of rotatable bonds is 6. The summed E-state index contributed by atoms with van der Waals surface area (Å²) in [5.41, 5.74) is 1.73. The first-order chi connectivity index (χ1) is 12.8. The Morgan fingerprint density at radius 1 is 1.11 bits per heavy atom. The van der Waals surface area contributed by atoms with Crippen LogP contribution < -0.4 is 5.32 Å². The third-order valence-corrected chi connectivity index (χ3v) is 6.23. The molecule has 3 rings (SSSR count). The predicted octanol–water partition coefficient (Wildman–Crippen LogP) is 5.31. The SMILES string of the molecule is Cc1ccccc1-c1nc(S(=O)(=O)c2ccc(Br)cc2)c(NCC(C)C)o1. The van der Waals surface area contributed by atoms with E-state index in [9.17, 15) is 8.42 Å². The molecule has 7 heteroatoms. The van der Waals surface area contributed by atoms with Gasteiger partial charge < -0.3 is 9.73 Å². The Bertz CT molecular complexity index is 1040. The Hall–Kier alpha value is -2.12. The number of anilines is 1. The van der Waals surface area contributed by atoms with Gasteiger partial charge in [-0.1, -0.05) is 48.0 Å². The fourth-order valence-electron chi connectivity index (χ4n) is 2.55. The molecule has 0 aliphatic carbocycles. The van der Waals surface area contributed by atoms with Gasteiger partial charge in [0.1, 0.15) is 0 Å². The van der Waals surface area contributed by atoms with Crippen LogP contribution in [0.1, 0.15) is 19.4 Å². The van der Waals surface area contributed by atoms with Gasteiger partial charge in [0.15, 0.2) is 0 Å². The van der Waals surface area contributed by atoms with Gasteiger partial charge in [-0.25, -0.2) is 8.42 Å². The Morgan fingerprint density at radius 3 is 2.41 bits per heavy atom. The highest BCUT2D eigenvalue weighted by Gasteiger charge is 2.28. The molecule has 0 radical (unpaired) electrons. The first-order valence-electron chi connectivity index (χ1n) is 8.60. The molecule has 5 nitrogen and oxygen atoms in total. The summed E-state index contributed by atoms with van der Waals surface area (Å²) in [6.45, 7) is 6.58. The van der Waals surface area contributed by atoms with Crippen LogP contribution in [0.5, 0.6) is 0 Å². The maximum absolute atomic E-state index is 13.2. The molecule has 0 saturated heterocycles. The maximum Gasteiger partial charge on any atom is 0.233 e. The summed E-state index contributed by atoms with van der Waals surface area (Å²) in [5.74, 6) is 0.778. The number of benzene rings is 2. The highest BCUT2D eigenvalue weighted by Crippen LogP contribution is 2.33. The molecule has 0 fully saturated rings. The Labute approximate surface area is 167 Å². The summed E-state index contributed by atoms with van der Waals surface area (Å²) < 4.78 is 33.0. The van der Waals surface area contributed by atoms with Gasteiger partial charge in [0.25, 0.3) is 0 Å². The van der Waals surface area contributed by atoms with Crippen LogP contribution >= 0.6 is 15.9 Å². The minimum Gasteiger partial charge on any atom is -0.419 e. The minimum atomic E-state index is -3.82. The normalized spacial score (nSPS) is 11.7. The van der Waals surface area contributed by atoms with Crippen LogP contribution in [0.3, 0.4) is 0 Å². The van der Waals surface area contributed by atoms with E-state index in [0.29, 0.717) is 12.5 Å². The van der Waals surface area contributed by atoms with Gasteiger partial charge in [-0.15, -0.1) is 0 Å². The summed E-state index contributed by atoms with van der Waals surface area (Å²) in [4.78, 5) is 4.53. The van der Waals surface area contributed by atoms with Crippen molar-refractivity contribution in [3.63, 3.8) is 0 Å². The molecule has 0 atom stereocenters. The van der Waals surface area contributed by atoms with Crippen molar-refractivity contribution < 1.29 is 12.8 Å². The number of sulfone groups is 1. The molecule has 0 saturated carbocycles. The summed E-state index contributed by atoms with van der Waals surface area (Å²) in [5, 5.41) is 3.00. The first-order valence-corrected chi connectivity index (χ1v) is 10.9. The maximum atomic E-state index is 13.2. The van der Waals surface area contributed by atoms with Crippen LogP contribution in [0.15, 0.2) is 67.3 Å². The van der Waals surface area contributed by atoms with Crippen molar-refractivity contribution in [2.24, 2.45) is 5.92 Å². The Kier molecular flexibility index (Phi) is 5.72. The van der Waals surface area contributed by atoms with Gasteiger partial charge >= 0.3 is 0 Å². The van der Waals surface area contributed by atoms with Crippen molar-refractivity contribution in [3.05, 3.63) is 58.6 Å². The number of aromatic nitrogens is 1. The second-order valence-electron chi connectivity index (χ2n) is 6.70. The molecule has 0 bridgehead atoms. The van der Waals surface area contributed by atoms with Crippen LogP contribution in [-0.4, -0.2) is 19.9 Å². The lowest BCUT2D eigenvalue weighted by Crippen LogP contribution is -2.11. The molecule has 2 aromatic carbocycles. The summed E-state index contributed by atoms with van der Waals surface area (Å²) in [6, 6.07) is 14.1. The smallest absolute Gasteiger partial charge is 0.233 e. The molecule has 0 amide bonds. The Balaban J connectivity index is 2.12. The average molecular weight is 449 g/mol. The van der Waals surface area contributed by atoms with E-state index < -0.39 is 9.84 Å². The van der Waals surface area contributed by atoms with E-state index in [2.05, 4.69) is 26.2 Å².